The van der Waals surface area contributed by atoms with Crippen LogP contribution < -0.4 is 10.9 Å². The van der Waals surface area contributed by atoms with Gasteiger partial charge in [-0.1, -0.05) is 56.1 Å². The highest BCUT2D eigenvalue weighted by Gasteiger charge is 2.28. The van der Waals surface area contributed by atoms with Crippen molar-refractivity contribution in [3.63, 3.8) is 0 Å². The Morgan fingerprint density at radius 2 is 1.88 bits per heavy atom. The van der Waals surface area contributed by atoms with Crippen LogP contribution in [0, 0.1) is 0 Å². The predicted molar refractivity (Wildman–Crippen MR) is 132 cm³/mol. The third-order valence-corrected chi connectivity index (χ3v) is 5.85. The molecule has 1 unspecified atom stereocenters. The van der Waals surface area contributed by atoms with Gasteiger partial charge in [-0.25, -0.2) is 9.78 Å². The van der Waals surface area contributed by atoms with Crippen LogP contribution in [0.4, 0.5) is 10.5 Å². The third-order valence-electron chi connectivity index (χ3n) is 5.30. The Morgan fingerprint density at radius 3 is 2.53 bits per heavy atom. The van der Waals surface area contributed by atoms with E-state index in [1.54, 1.807) is 33.7 Å². The molecular weight excluding hydrogens is 447 g/mol. The van der Waals surface area contributed by atoms with Crippen molar-refractivity contribution in [2.24, 2.45) is 0 Å². The molecule has 1 atom stereocenters. The van der Waals surface area contributed by atoms with E-state index in [-0.39, 0.29) is 17.6 Å². The van der Waals surface area contributed by atoms with Gasteiger partial charge in [0.2, 0.25) is 0 Å². The van der Waals surface area contributed by atoms with Gasteiger partial charge in [-0.3, -0.25) is 9.36 Å². The summed E-state index contributed by atoms with van der Waals surface area (Å²) in [6.45, 7) is 7.06. The van der Waals surface area contributed by atoms with E-state index < -0.39 is 0 Å². The molecule has 0 saturated carbocycles. The summed E-state index contributed by atoms with van der Waals surface area (Å²) in [5.41, 5.74) is 1.04. The van der Waals surface area contributed by atoms with Crippen LogP contribution in [-0.2, 0) is 6.54 Å². The maximum Gasteiger partial charge on any atom is 0.322 e. The number of benzene rings is 2. The minimum atomic E-state index is -0.370. The van der Waals surface area contributed by atoms with Crippen LogP contribution in [0.1, 0.15) is 51.9 Å². The van der Waals surface area contributed by atoms with Gasteiger partial charge < -0.3 is 10.2 Å². The molecule has 3 rings (SSSR count). The zero-order valence-corrected chi connectivity index (χ0v) is 20.1. The number of anilines is 1. The van der Waals surface area contributed by atoms with Crippen LogP contribution in [0.2, 0.25) is 10.0 Å². The summed E-state index contributed by atoms with van der Waals surface area (Å²) in [6, 6.07) is 11.6. The molecule has 0 spiro atoms. The second kappa shape index (κ2) is 10.8. The van der Waals surface area contributed by atoms with Crippen LogP contribution in [-0.4, -0.2) is 27.0 Å². The largest absolute Gasteiger partial charge is 0.322 e. The molecule has 3 aromatic rings. The topological polar surface area (TPSA) is 67.2 Å². The average molecular weight is 475 g/mol. The molecule has 0 radical (unpaired) electrons. The molecule has 0 bridgehead atoms. The molecular formula is C24H28Cl2N4O2. The van der Waals surface area contributed by atoms with E-state index >= 15 is 0 Å². The first-order chi connectivity index (χ1) is 15.4. The quantitative estimate of drug-likeness (QED) is 0.404. The number of nitrogens with zero attached hydrogens (tertiary/aromatic N) is 3. The van der Waals surface area contributed by atoms with E-state index in [1.165, 1.54) is 0 Å². The maximum absolute atomic E-state index is 13.3. The first-order valence-electron chi connectivity index (χ1n) is 10.9. The van der Waals surface area contributed by atoms with Crippen molar-refractivity contribution in [2.75, 3.05) is 11.9 Å². The molecule has 1 heterocycles. The van der Waals surface area contributed by atoms with E-state index in [0.717, 1.165) is 12.8 Å². The lowest BCUT2D eigenvalue weighted by molar-refractivity contribution is 0.180. The van der Waals surface area contributed by atoms with Crippen LogP contribution in [0.3, 0.4) is 0 Å². The highest BCUT2D eigenvalue weighted by atomic mass is 35.5. The molecule has 1 aromatic heterocycles. The molecule has 0 aliphatic heterocycles. The lowest BCUT2D eigenvalue weighted by Gasteiger charge is -2.32. The molecule has 0 aliphatic carbocycles. The summed E-state index contributed by atoms with van der Waals surface area (Å²) in [5, 5.41) is 4.33. The summed E-state index contributed by atoms with van der Waals surface area (Å²) in [6.07, 6.45) is 2.14. The summed E-state index contributed by atoms with van der Waals surface area (Å²) < 4.78 is 1.71. The highest BCUT2D eigenvalue weighted by Crippen LogP contribution is 2.28. The number of halogens is 2. The Labute approximate surface area is 198 Å². The number of hydrogen-bond acceptors (Lipinski definition) is 3. The van der Waals surface area contributed by atoms with Crippen molar-refractivity contribution in [1.82, 2.24) is 14.5 Å². The molecule has 32 heavy (non-hydrogen) atoms. The van der Waals surface area contributed by atoms with Crippen molar-refractivity contribution in [3.05, 3.63) is 68.7 Å². The SMILES string of the molecule is CCCN(C(=O)Nc1ccc(Cl)cc1Cl)C(CC)c1nc2ccccc2c(=O)n1CCC. The second-order valence-corrected chi connectivity index (χ2v) is 8.46. The first-order valence-corrected chi connectivity index (χ1v) is 11.7. The van der Waals surface area contributed by atoms with Crippen LogP contribution in [0.5, 0.6) is 0 Å². The van der Waals surface area contributed by atoms with Gasteiger partial charge in [-0.05, 0) is 49.6 Å². The van der Waals surface area contributed by atoms with E-state index in [1.807, 2.05) is 39.0 Å². The number of carbonyl (C=O) groups excluding carboxylic acids is 1. The number of urea groups is 1. The maximum atomic E-state index is 13.3. The Hall–Kier alpha value is -2.57. The van der Waals surface area contributed by atoms with E-state index in [4.69, 9.17) is 28.2 Å². The lowest BCUT2D eigenvalue weighted by Crippen LogP contribution is -2.41. The summed E-state index contributed by atoms with van der Waals surface area (Å²) in [7, 11) is 0. The molecule has 6 nitrogen and oxygen atoms in total. The summed E-state index contributed by atoms with van der Waals surface area (Å²) >= 11 is 12.2. The molecule has 2 amide bonds. The number of hydrogen-bond donors (Lipinski definition) is 1. The van der Waals surface area contributed by atoms with Crippen molar-refractivity contribution >= 4 is 45.8 Å². The number of rotatable bonds is 8. The first kappa shape index (κ1) is 24.1. The summed E-state index contributed by atoms with van der Waals surface area (Å²) in [4.78, 5) is 33.2. The minimum absolute atomic E-state index is 0.0801. The van der Waals surface area contributed by atoms with Gasteiger partial charge in [-0.2, -0.15) is 0 Å². The normalized spacial score (nSPS) is 12.0. The smallest absolute Gasteiger partial charge is 0.314 e. The van der Waals surface area contributed by atoms with Gasteiger partial charge in [0, 0.05) is 18.1 Å². The van der Waals surface area contributed by atoms with Gasteiger partial charge in [0.1, 0.15) is 5.82 Å². The fraction of sp³-hybridized carbons (Fsp3) is 0.375. The van der Waals surface area contributed by atoms with E-state index in [9.17, 15) is 9.59 Å². The standard InChI is InChI=1S/C24H28Cl2N4O2/c1-4-13-29(24(32)28-20-12-11-16(25)15-18(20)26)21(6-3)22-27-19-10-8-7-9-17(19)23(31)30(22)14-5-2/h7-12,15,21H,4-6,13-14H2,1-3H3,(H,28,32). The van der Waals surface area contributed by atoms with E-state index in [0.29, 0.717) is 52.0 Å². The molecule has 170 valence electrons. The van der Waals surface area contributed by atoms with Gasteiger partial charge in [-0.15, -0.1) is 0 Å². The number of carbonyl (C=O) groups is 1. The highest BCUT2D eigenvalue weighted by molar-refractivity contribution is 6.36. The van der Waals surface area contributed by atoms with Crippen LogP contribution in [0.15, 0.2) is 47.3 Å². The van der Waals surface area contributed by atoms with Gasteiger partial charge in [0.05, 0.1) is 27.7 Å². The molecule has 0 saturated heterocycles. The van der Waals surface area contributed by atoms with Crippen LogP contribution in [0.25, 0.3) is 10.9 Å². The molecule has 1 N–H and O–H groups in total. The van der Waals surface area contributed by atoms with Crippen molar-refractivity contribution in [2.45, 2.75) is 52.6 Å². The number of para-hydroxylation sites is 1. The minimum Gasteiger partial charge on any atom is -0.314 e. The monoisotopic (exact) mass is 474 g/mol. The zero-order chi connectivity index (χ0) is 23.3. The Morgan fingerprint density at radius 1 is 1.12 bits per heavy atom. The number of nitrogens with one attached hydrogen (secondary N) is 1. The molecule has 0 aliphatic rings. The Kier molecular flexibility index (Phi) is 8.15. The van der Waals surface area contributed by atoms with Crippen LogP contribution >= 0.6 is 23.2 Å². The molecule has 2 aromatic carbocycles. The zero-order valence-electron chi connectivity index (χ0n) is 18.6. The van der Waals surface area contributed by atoms with Gasteiger partial charge in [0.15, 0.2) is 0 Å². The number of amides is 2. The number of aromatic nitrogens is 2. The Bertz CT molecular complexity index is 1160. The van der Waals surface area contributed by atoms with E-state index in [2.05, 4.69) is 5.32 Å². The van der Waals surface area contributed by atoms with Crippen molar-refractivity contribution < 1.29 is 4.79 Å². The molecule has 0 fully saturated rings. The second-order valence-electron chi connectivity index (χ2n) is 7.62. The molecule has 8 heteroatoms. The van der Waals surface area contributed by atoms with Gasteiger partial charge in [0.25, 0.3) is 5.56 Å². The predicted octanol–water partition coefficient (Wildman–Crippen LogP) is 6.51. The Balaban J connectivity index is 2.06. The fourth-order valence-corrected chi connectivity index (χ4v) is 4.30. The van der Waals surface area contributed by atoms with Crippen molar-refractivity contribution in [1.29, 1.82) is 0 Å². The summed E-state index contributed by atoms with van der Waals surface area (Å²) in [5.74, 6) is 0.601. The average Bonchev–Trinajstić information content (AvgIpc) is 2.78. The lowest BCUT2D eigenvalue weighted by atomic mass is 10.1. The van der Waals surface area contributed by atoms with Gasteiger partial charge >= 0.3 is 6.03 Å². The number of fused-ring (bicyclic) bond motifs is 1. The van der Waals surface area contributed by atoms with Crippen molar-refractivity contribution in [3.8, 4) is 0 Å². The third kappa shape index (κ3) is 5.08. The fourth-order valence-electron chi connectivity index (χ4n) is 3.84.